The molecule has 3 rings (SSSR count). The first-order valence-electron chi connectivity index (χ1n) is 8.89. The Hall–Kier alpha value is -1.06. The Morgan fingerprint density at radius 1 is 1.22 bits per heavy atom. The third-order valence-electron chi connectivity index (χ3n) is 5.44. The lowest BCUT2D eigenvalue weighted by Gasteiger charge is -2.42. The van der Waals surface area contributed by atoms with E-state index in [1.54, 1.807) is 0 Å². The van der Waals surface area contributed by atoms with Crippen LogP contribution >= 0.6 is 11.6 Å². The second-order valence-electron chi connectivity index (χ2n) is 6.97. The van der Waals surface area contributed by atoms with E-state index in [1.165, 1.54) is 45.2 Å². The highest BCUT2D eigenvalue weighted by atomic mass is 35.5. The zero-order chi connectivity index (χ0) is 16.2. The summed E-state index contributed by atoms with van der Waals surface area (Å²) in [6.45, 7) is 2.41. The van der Waals surface area contributed by atoms with Gasteiger partial charge < -0.3 is 4.90 Å². The molecule has 1 aliphatic heterocycles. The number of likely N-dealkylation sites (N-methyl/N-ethyl adjacent to an activating group) is 1. The number of nitrogens with zero attached hydrogens (tertiary/aromatic N) is 2. The van der Waals surface area contributed by atoms with Gasteiger partial charge in [-0.25, -0.2) is 0 Å². The maximum absolute atomic E-state index is 12.7. The minimum absolute atomic E-state index is 0.211. The van der Waals surface area contributed by atoms with Crippen molar-refractivity contribution >= 4 is 17.5 Å². The monoisotopic (exact) mass is 334 g/mol. The van der Waals surface area contributed by atoms with E-state index in [-0.39, 0.29) is 5.91 Å². The van der Waals surface area contributed by atoms with E-state index < -0.39 is 0 Å². The lowest BCUT2D eigenvalue weighted by molar-refractivity contribution is -0.133. The molecule has 1 heterocycles. The van der Waals surface area contributed by atoms with Gasteiger partial charge in [-0.2, -0.15) is 0 Å². The molecule has 23 heavy (non-hydrogen) atoms. The summed E-state index contributed by atoms with van der Waals surface area (Å²) in [5.74, 6) is 0.211. The van der Waals surface area contributed by atoms with Gasteiger partial charge in [0.25, 0.3) is 0 Å². The topological polar surface area (TPSA) is 23.6 Å². The molecule has 1 aromatic rings. The summed E-state index contributed by atoms with van der Waals surface area (Å²) in [6, 6.07) is 8.57. The van der Waals surface area contributed by atoms with Gasteiger partial charge in [0.05, 0.1) is 6.42 Å². The van der Waals surface area contributed by atoms with Gasteiger partial charge in [0.1, 0.15) is 0 Å². The summed E-state index contributed by atoms with van der Waals surface area (Å²) in [5.41, 5.74) is 1.00. The number of likely N-dealkylation sites (tertiary alicyclic amines) is 1. The van der Waals surface area contributed by atoms with Gasteiger partial charge in [-0.3, -0.25) is 9.69 Å². The van der Waals surface area contributed by atoms with Crippen molar-refractivity contribution in [2.24, 2.45) is 0 Å². The van der Waals surface area contributed by atoms with E-state index in [0.717, 1.165) is 12.0 Å². The van der Waals surface area contributed by atoms with Crippen molar-refractivity contribution in [1.29, 1.82) is 0 Å². The first-order valence-corrected chi connectivity index (χ1v) is 9.27. The molecule has 0 aromatic heterocycles. The van der Waals surface area contributed by atoms with E-state index in [4.69, 9.17) is 11.6 Å². The Bertz CT molecular complexity index is 542. The molecule has 4 heteroatoms. The second kappa shape index (κ2) is 7.67. The Morgan fingerprint density at radius 3 is 2.70 bits per heavy atom. The van der Waals surface area contributed by atoms with Crippen molar-refractivity contribution in [2.45, 2.75) is 57.0 Å². The van der Waals surface area contributed by atoms with Gasteiger partial charge in [0.15, 0.2) is 0 Å². The van der Waals surface area contributed by atoms with Crippen LogP contribution in [0.4, 0.5) is 0 Å². The van der Waals surface area contributed by atoms with Gasteiger partial charge in [0, 0.05) is 24.2 Å². The van der Waals surface area contributed by atoms with Gasteiger partial charge in [-0.1, -0.05) is 36.6 Å². The molecule has 1 aromatic carbocycles. The first-order chi connectivity index (χ1) is 11.1. The molecule has 0 bridgehead atoms. The summed E-state index contributed by atoms with van der Waals surface area (Å²) in [7, 11) is 1.99. The van der Waals surface area contributed by atoms with E-state index in [1.807, 2.05) is 36.2 Å². The number of carbonyl (C=O) groups excluding carboxylic acids is 1. The Kier molecular flexibility index (Phi) is 5.60. The summed E-state index contributed by atoms with van der Waals surface area (Å²) >= 11 is 6.03. The lowest BCUT2D eigenvalue weighted by atomic mass is 9.88. The van der Waals surface area contributed by atoms with Crippen molar-refractivity contribution in [3.63, 3.8) is 0 Å². The quantitative estimate of drug-likeness (QED) is 0.837. The molecule has 126 valence electrons. The van der Waals surface area contributed by atoms with Crippen LogP contribution in [-0.2, 0) is 11.2 Å². The normalized spacial score (nSPS) is 25.5. The molecule has 1 saturated heterocycles. The van der Waals surface area contributed by atoms with E-state index in [9.17, 15) is 4.79 Å². The standard InChI is InChI=1S/C19H27ClN2O/c1-21(19(23)14-15-7-6-8-16(20)13-15)17-9-2-3-10-18(17)22-11-4-5-12-22/h6-8,13,17-18H,2-5,9-12,14H2,1H3. The number of amides is 1. The Morgan fingerprint density at radius 2 is 1.96 bits per heavy atom. The molecule has 0 spiro atoms. The third kappa shape index (κ3) is 4.07. The second-order valence-corrected chi connectivity index (χ2v) is 7.41. The Labute approximate surface area is 144 Å². The number of hydrogen-bond acceptors (Lipinski definition) is 2. The molecule has 1 amide bonds. The van der Waals surface area contributed by atoms with E-state index in [2.05, 4.69) is 4.90 Å². The third-order valence-corrected chi connectivity index (χ3v) is 5.67. The molecule has 2 aliphatic rings. The minimum atomic E-state index is 0.211. The van der Waals surface area contributed by atoms with Gasteiger partial charge in [-0.05, 0) is 56.5 Å². The highest BCUT2D eigenvalue weighted by Crippen LogP contribution is 2.29. The van der Waals surface area contributed by atoms with Crippen molar-refractivity contribution in [2.75, 3.05) is 20.1 Å². The molecule has 1 aliphatic carbocycles. The van der Waals surface area contributed by atoms with Gasteiger partial charge in [-0.15, -0.1) is 0 Å². The number of carbonyl (C=O) groups is 1. The number of rotatable bonds is 4. The van der Waals surface area contributed by atoms with Crippen LogP contribution in [0.15, 0.2) is 24.3 Å². The Balaban J connectivity index is 1.66. The van der Waals surface area contributed by atoms with Crippen LogP contribution in [0, 0.1) is 0 Å². The van der Waals surface area contributed by atoms with Crippen LogP contribution in [-0.4, -0.2) is 47.9 Å². The number of hydrogen-bond donors (Lipinski definition) is 0. The zero-order valence-corrected chi connectivity index (χ0v) is 14.8. The lowest BCUT2D eigenvalue weighted by Crippen LogP contribution is -2.53. The van der Waals surface area contributed by atoms with Crippen LogP contribution < -0.4 is 0 Å². The zero-order valence-electron chi connectivity index (χ0n) is 14.0. The first kappa shape index (κ1) is 16.8. The molecule has 3 nitrogen and oxygen atoms in total. The van der Waals surface area contributed by atoms with Crippen molar-refractivity contribution in [3.05, 3.63) is 34.9 Å². The van der Waals surface area contributed by atoms with Crippen LogP contribution in [0.3, 0.4) is 0 Å². The summed E-state index contributed by atoms with van der Waals surface area (Å²) in [4.78, 5) is 17.4. The highest BCUT2D eigenvalue weighted by molar-refractivity contribution is 6.30. The van der Waals surface area contributed by atoms with Crippen molar-refractivity contribution < 1.29 is 4.79 Å². The fourth-order valence-corrected chi connectivity index (χ4v) is 4.39. The van der Waals surface area contributed by atoms with Crippen LogP contribution in [0.2, 0.25) is 5.02 Å². The maximum atomic E-state index is 12.7. The molecule has 2 atom stereocenters. The molecule has 0 N–H and O–H groups in total. The highest BCUT2D eigenvalue weighted by Gasteiger charge is 2.35. The molecular formula is C19H27ClN2O. The fraction of sp³-hybridized carbons (Fsp3) is 0.632. The average Bonchev–Trinajstić information content (AvgIpc) is 3.08. The molecule has 1 saturated carbocycles. The van der Waals surface area contributed by atoms with E-state index in [0.29, 0.717) is 23.5 Å². The summed E-state index contributed by atoms with van der Waals surface area (Å²) in [5, 5.41) is 0.700. The maximum Gasteiger partial charge on any atom is 0.227 e. The SMILES string of the molecule is CN(C(=O)Cc1cccc(Cl)c1)C1CCCCC1N1CCCC1. The summed E-state index contributed by atoms with van der Waals surface area (Å²) < 4.78 is 0. The fourth-order valence-electron chi connectivity index (χ4n) is 4.17. The van der Waals surface area contributed by atoms with Crippen LogP contribution in [0.5, 0.6) is 0 Å². The van der Waals surface area contributed by atoms with Crippen molar-refractivity contribution in [3.8, 4) is 0 Å². The molecule has 2 unspecified atom stereocenters. The van der Waals surface area contributed by atoms with Crippen LogP contribution in [0.1, 0.15) is 44.1 Å². The van der Waals surface area contributed by atoms with Gasteiger partial charge >= 0.3 is 0 Å². The molecule has 0 radical (unpaired) electrons. The minimum Gasteiger partial charge on any atom is -0.341 e. The van der Waals surface area contributed by atoms with E-state index >= 15 is 0 Å². The average molecular weight is 335 g/mol. The molecular weight excluding hydrogens is 308 g/mol. The smallest absolute Gasteiger partial charge is 0.227 e. The molecule has 2 fully saturated rings. The van der Waals surface area contributed by atoms with Gasteiger partial charge in [0.2, 0.25) is 5.91 Å². The van der Waals surface area contributed by atoms with Crippen molar-refractivity contribution in [1.82, 2.24) is 9.80 Å². The largest absolute Gasteiger partial charge is 0.341 e. The summed E-state index contributed by atoms with van der Waals surface area (Å²) in [6.07, 6.45) is 7.98. The predicted molar refractivity (Wildman–Crippen MR) is 94.8 cm³/mol. The number of halogens is 1. The van der Waals surface area contributed by atoms with Crippen LogP contribution in [0.25, 0.3) is 0 Å². The number of benzene rings is 1. The predicted octanol–water partition coefficient (Wildman–Crippen LogP) is 3.75.